The van der Waals surface area contributed by atoms with Crippen molar-refractivity contribution in [2.24, 2.45) is 5.73 Å². The Balaban J connectivity index is 1.51. The topological polar surface area (TPSA) is 71.3 Å². The van der Waals surface area contributed by atoms with Crippen LogP contribution in [0.2, 0.25) is 0 Å². The Morgan fingerprint density at radius 3 is 2.62 bits per heavy atom. The Labute approximate surface area is 192 Å². The van der Waals surface area contributed by atoms with Crippen LogP contribution in [0, 0.1) is 5.82 Å². The fourth-order valence-electron chi connectivity index (χ4n) is 4.56. The molecule has 2 aromatic carbocycles. The standard InChI is InChI=1S/C24H24F5N3O2/c25-19-5-4-14(12-30)10-17(19)15-6-8-32(9-7-15)23(33)18-13-31-20-3-1-2-16(22(18)20)11-21(26)34-24(27,28)29/h1-5,10,13,15,21,31H,6-9,11-12,30H2. The summed E-state index contributed by atoms with van der Waals surface area (Å²) in [6.45, 7) is 1.07. The molecule has 0 aliphatic carbocycles. The van der Waals surface area contributed by atoms with Crippen LogP contribution in [-0.2, 0) is 17.7 Å². The third-order valence-corrected chi connectivity index (χ3v) is 6.18. The molecule has 4 rings (SSSR count). The number of rotatable bonds is 6. The van der Waals surface area contributed by atoms with Gasteiger partial charge in [0, 0.05) is 43.2 Å². The fourth-order valence-corrected chi connectivity index (χ4v) is 4.56. The number of carbonyl (C=O) groups excluding carboxylic acids is 1. The Kier molecular flexibility index (Phi) is 6.90. The highest BCUT2D eigenvalue weighted by molar-refractivity contribution is 6.08. The Morgan fingerprint density at radius 2 is 1.94 bits per heavy atom. The SMILES string of the molecule is NCc1ccc(F)c(C2CCN(C(=O)c3c[nH]c4cccc(CC(F)OC(F)(F)F)c34)CC2)c1. The summed E-state index contributed by atoms with van der Waals surface area (Å²) < 4.78 is 68.8. The summed E-state index contributed by atoms with van der Waals surface area (Å²) in [6.07, 6.45) is -5.77. The number of hydrogen-bond acceptors (Lipinski definition) is 3. The molecule has 3 N–H and O–H groups in total. The number of nitrogens with two attached hydrogens (primary N) is 1. The molecule has 182 valence electrons. The zero-order valence-electron chi connectivity index (χ0n) is 18.2. The largest absolute Gasteiger partial charge is 0.525 e. The lowest BCUT2D eigenvalue weighted by molar-refractivity contribution is -0.359. The van der Waals surface area contributed by atoms with Crippen LogP contribution in [0.5, 0.6) is 0 Å². The number of carbonyl (C=O) groups is 1. The second kappa shape index (κ2) is 9.71. The van der Waals surface area contributed by atoms with Crippen LogP contribution in [-0.4, -0.2) is 41.6 Å². The smallest absolute Gasteiger partial charge is 0.360 e. The van der Waals surface area contributed by atoms with E-state index in [1.165, 1.54) is 18.3 Å². The third kappa shape index (κ3) is 5.23. The lowest BCUT2D eigenvalue weighted by Gasteiger charge is -2.32. The minimum absolute atomic E-state index is 0.0547. The van der Waals surface area contributed by atoms with Gasteiger partial charge in [-0.05, 0) is 47.6 Å². The fraction of sp³-hybridized carbons (Fsp3) is 0.375. The maximum Gasteiger partial charge on any atom is 0.525 e. The first-order valence-electron chi connectivity index (χ1n) is 10.9. The molecule has 1 aliphatic heterocycles. The van der Waals surface area contributed by atoms with Crippen molar-refractivity contribution < 1.29 is 31.5 Å². The third-order valence-electron chi connectivity index (χ3n) is 6.18. The van der Waals surface area contributed by atoms with Crippen molar-refractivity contribution in [3.05, 3.63) is 70.7 Å². The molecule has 2 heterocycles. The molecule has 1 unspecified atom stereocenters. The molecule has 1 aromatic heterocycles. The van der Waals surface area contributed by atoms with Gasteiger partial charge in [-0.25, -0.2) is 8.78 Å². The van der Waals surface area contributed by atoms with Crippen molar-refractivity contribution in [3.8, 4) is 0 Å². The average Bonchev–Trinajstić information content (AvgIpc) is 3.23. The van der Waals surface area contributed by atoms with Crippen molar-refractivity contribution >= 4 is 16.8 Å². The van der Waals surface area contributed by atoms with Gasteiger partial charge in [0.15, 0.2) is 0 Å². The first-order chi connectivity index (χ1) is 16.2. The van der Waals surface area contributed by atoms with Gasteiger partial charge < -0.3 is 15.6 Å². The molecule has 0 radical (unpaired) electrons. The van der Waals surface area contributed by atoms with Crippen LogP contribution in [0.1, 0.15) is 45.8 Å². The number of likely N-dealkylation sites (tertiary alicyclic amines) is 1. The quantitative estimate of drug-likeness (QED) is 0.478. The predicted octanol–water partition coefficient (Wildman–Crippen LogP) is 5.16. The van der Waals surface area contributed by atoms with Gasteiger partial charge in [0.25, 0.3) is 5.91 Å². The van der Waals surface area contributed by atoms with Crippen LogP contribution < -0.4 is 5.73 Å². The molecule has 1 amide bonds. The maximum atomic E-state index is 14.4. The zero-order chi connectivity index (χ0) is 24.5. The molecule has 10 heteroatoms. The van der Waals surface area contributed by atoms with E-state index < -0.39 is 19.1 Å². The highest BCUT2D eigenvalue weighted by atomic mass is 19.4. The number of alkyl halides is 4. The number of ether oxygens (including phenoxy) is 1. The van der Waals surface area contributed by atoms with Crippen LogP contribution in [0.4, 0.5) is 22.0 Å². The van der Waals surface area contributed by atoms with Gasteiger partial charge >= 0.3 is 6.36 Å². The van der Waals surface area contributed by atoms with Crippen LogP contribution in [0.25, 0.3) is 10.9 Å². The number of aromatic nitrogens is 1. The molecule has 0 saturated carbocycles. The van der Waals surface area contributed by atoms with E-state index in [1.54, 1.807) is 29.2 Å². The summed E-state index contributed by atoms with van der Waals surface area (Å²) in [5, 5.41) is 0.365. The van der Waals surface area contributed by atoms with Crippen molar-refractivity contribution in [1.82, 2.24) is 9.88 Å². The molecule has 34 heavy (non-hydrogen) atoms. The second-order valence-electron chi connectivity index (χ2n) is 8.35. The summed E-state index contributed by atoms with van der Waals surface area (Å²) in [5.74, 6) is -0.675. The number of H-pyrrole nitrogens is 1. The van der Waals surface area contributed by atoms with Crippen molar-refractivity contribution in [2.45, 2.75) is 44.4 Å². The van der Waals surface area contributed by atoms with Gasteiger partial charge in [-0.3, -0.25) is 9.53 Å². The summed E-state index contributed by atoms with van der Waals surface area (Å²) in [7, 11) is 0. The van der Waals surface area contributed by atoms with E-state index in [-0.39, 0.29) is 28.8 Å². The van der Waals surface area contributed by atoms with Crippen molar-refractivity contribution in [2.75, 3.05) is 13.1 Å². The van der Waals surface area contributed by atoms with Crippen molar-refractivity contribution in [3.63, 3.8) is 0 Å². The first-order valence-corrected chi connectivity index (χ1v) is 10.9. The van der Waals surface area contributed by atoms with E-state index >= 15 is 0 Å². The van der Waals surface area contributed by atoms with Crippen LogP contribution in [0.15, 0.2) is 42.6 Å². The van der Waals surface area contributed by atoms with E-state index in [9.17, 15) is 26.7 Å². The molecular formula is C24H24F5N3O2. The van der Waals surface area contributed by atoms with Gasteiger partial charge in [-0.1, -0.05) is 24.3 Å². The Bertz CT molecular complexity index is 1170. The van der Waals surface area contributed by atoms with E-state index in [1.807, 2.05) is 0 Å². The number of nitrogens with zero attached hydrogens (tertiary/aromatic N) is 1. The zero-order valence-corrected chi connectivity index (χ0v) is 18.2. The molecule has 3 aromatic rings. The highest BCUT2D eigenvalue weighted by Gasteiger charge is 2.34. The number of piperidine rings is 1. The lowest BCUT2D eigenvalue weighted by Crippen LogP contribution is -2.38. The highest BCUT2D eigenvalue weighted by Crippen LogP contribution is 2.33. The normalized spacial score (nSPS) is 16.2. The van der Waals surface area contributed by atoms with Gasteiger partial charge in [-0.2, -0.15) is 0 Å². The molecule has 0 bridgehead atoms. The van der Waals surface area contributed by atoms with E-state index in [2.05, 4.69) is 9.72 Å². The van der Waals surface area contributed by atoms with Gasteiger partial charge in [0.05, 0.1) is 5.56 Å². The number of amides is 1. The molecule has 1 saturated heterocycles. The first kappa shape index (κ1) is 24.2. The van der Waals surface area contributed by atoms with E-state index in [0.717, 1.165) is 5.56 Å². The number of halogens is 5. The molecule has 0 spiro atoms. The van der Waals surface area contributed by atoms with Gasteiger partial charge in [0.2, 0.25) is 6.36 Å². The minimum atomic E-state index is -5.10. The summed E-state index contributed by atoms with van der Waals surface area (Å²) >= 11 is 0. The Morgan fingerprint density at radius 1 is 1.21 bits per heavy atom. The number of aromatic amines is 1. The van der Waals surface area contributed by atoms with E-state index in [0.29, 0.717) is 48.9 Å². The molecular weight excluding hydrogens is 457 g/mol. The van der Waals surface area contributed by atoms with Gasteiger partial charge in [0.1, 0.15) is 5.82 Å². The monoisotopic (exact) mass is 481 g/mol. The number of fused-ring (bicyclic) bond motifs is 1. The molecule has 5 nitrogen and oxygen atoms in total. The van der Waals surface area contributed by atoms with Crippen LogP contribution in [0.3, 0.4) is 0 Å². The number of nitrogens with one attached hydrogen (secondary N) is 1. The lowest BCUT2D eigenvalue weighted by atomic mass is 9.88. The molecule has 1 atom stereocenters. The second-order valence-corrected chi connectivity index (χ2v) is 8.35. The average molecular weight is 481 g/mol. The molecule has 1 aliphatic rings. The number of benzene rings is 2. The van der Waals surface area contributed by atoms with Gasteiger partial charge in [-0.15, -0.1) is 13.2 Å². The molecule has 1 fully saturated rings. The van der Waals surface area contributed by atoms with Crippen LogP contribution >= 0.6 is 0 Å². The maximum absolute atomic E-state index is 14.4. The Hall–Kier alpha value is -2.98. The summed E-state index contributed by atoms with van der Waals surface area (Å²) in [5.41, 5.74) is 8.08. The minimum Gasteiger partial charge on any atom is -0.360 e. The number of hydrogen-bond donors (Lipinski definition) is 2. The summed E-state index contributed by atoms with van der Waals surface area (Å²) in [6, 6.07) is 9.51. The summed E-state index contributed by atoms with van der Waals surface area (Å²) in [4.78, 5) is 17.8. The van der Waals surface area contributed by atoms with Crippen molar-refractivity contribution in [1.29, 1.82) is 0 Å². The predicted molar refractivity (Wildman–Crippen MR) is 116 cm³/mol. The van der Waals surface area contributed by atoms with E-state index in [4.69, 9.17) is 5.73 Å².